The van der Waals surface area contributed by atoms with Crippen molar-refractivity contribution in [2.75, 3.05) is 32.3 Å². The molecule has 6 rings (SSSR count). The third-order valence-electron chi connectivity index (χ3n) is 7.92. The quantitative estimate of drug-likeness (QED) is 0.199. The Hall–Kier alpha value is -4.87. The number of anilines is 1. The van der Waals surface area contributed by atoms with E-state index in [0.29, 0.717) is 35.8 Å². The highest BCUT2D eigenvalue weighted by Crippen LogP contribution is 2.55. The third kappa shape index (κ3) is 4.83. The zero-order chi connectivity index (χ0) is 31.2. The summed E-state index contributed by atoms with van der Waals surface area (Å²) < 4.78 is 31.1. The molecule has 1 atom stereocenters. The Bertz CT molecular complexity index is 1770. The Morgan fingerprint density at radius 3 is 2.20 bits per heavy atom. The summed E-state index contributed by atoms with van der Waals surface area (Å²) in [4.78, 5) is 29.3. The number of fused-ring (bicyclic) bond motifs is 3. The minimum absolute atomic E-state index is 0.0802. The first-order valence-electron chi connectivity index (χ1n) is 13.6. The number of ether oxygens (including phenoxy) is 3. The highest BCUT2D eigenvalue weighted by Gasteiger charge is 2.57. The van der Waals surface area contributed by atoms with Crippen LogP contribution in [-0.4, -0.2) is 48.2 Å². The largest absolute Gasteiger partial charge is 0.497 e. The number of carbonyl (C=O) groups excluding carboxylic acids is 1. The number of nitro benzene ring substituents is 1. The number of benzene rings is 4. The molecule has 0 fully saturated rings. The van der Waals surface area contributed by atoms with E-state index in [1.54, 1.807) is 31.4 Å². The van der Waals surface area contributed by atoms with Crippen molar-refractivity contribution in [1.29, 1.82) is 0 Å². The van der Waals surface area contributed by atoms with Gasteiger partial charge in [-0.15, -0.1) is 0 Å². The maximum Gasteiger partial charge on any atom is 0.280 e. The van der Waals surface area contributed by atoms with Gasteiger partial charge in [0.2, 0.25) is 5.72 Å². The van der Waals surface area contributed by atoms with Crippen LogP contribution in [0.2, 0.25) is 5.02 Å². The van der Waals surface area contributed by atoms with Crippen molar-refractivity contribution in [3.05, 3.63) is 122 Å². The lowest BCUT2D eigenvalue weighted by Gasteiger charge is -2.35. The van der Waals surface area contributed by atoms with Crippen molar-refractivity contribution in [2.24, 2.45) is 0 Å². The number of rotatable bonds is 8. The first-order chi connectivity index (χ1) is 21.1. The first-order valence-corrected chi connectivity index (χ1v) is 14.0. The standard InChI is InChI=1S/C32H27ClFN3O7/c1-42-22-8-3-19(4-9-22)17-35-13-14-44-30-27(35)16-26(37(40)41)29-28(30)31(38)36(18-20-5-10-23(43-2)11-6-20)32(29,39)24-15-21(34)7-12-25(24)33/h3-12,15-16,39H,13-14,17-18H2,1-2H3. The molecule has 1 N–H and O–H groups in total. The van der Waals surface area contributed by atoms with Crippen molar-refractivity contribution in [2.45, 2.75) is 18.8 Å². The predicted octanol–water partition coefficient (Wildman–Crippen LogP) is 5.65. The molecule has 4 aromatic carbocycles. The van der Waals surface area contributed by atoms with E-state index in [9.17, 15) is 24.4 Å². The average Bonchev–Trinajstić information content (AvgIpc) is 3.25. The number of methoxy groups -OCH3 is 2. The van der Waals surface area contributed by atoms with E-state index >= 15 is 0 Å². The third-order valence-corrected chi connectivity index (χ3v) is 8.25. The molecule has 0 aromatic heterocycles. The number of amides is 1. The van der Waals surface area contributed by atoms with Crippen LogP contribution in [0.3, 0.4) is 0 Å². The molecular formula is C32H27ClFN3O7. The minimum atomic E-state index is -2.51. The molecule has 226 valence electrons. The van der Waals surface area contributed by atoms with E-state index in [2.05, 4.69) is 0 Å². The number of hydrogen-bond donors (Lipinski definition) is 1. The summed E-state index contributed by atoms with van der Waals surface area (Å²) in [5.41, 5.74) is -1.96. The Kier molecular flexibility index (Phi) is 7.52. The zero-order valence-corrected chi connectivity index (χ0v) is 24.5. The fourth-order valence-corrected chi connectivity index (χ4v) is 6.02. The molecule has 0 saturated heterocycles. The molecule has 1 unspecified atom stereocenters. The zero-order valence-electron chi connectivity index (χ0n) is 23.8. The molecule has 0 bridgehead atoms. The molecule has 12 heteroatoms. The molecule has 0 spiro atoms. The summed E-state index contributed by atoms with van der Waals surface area (Å²) in [7, 11) is 3.08. The second kappa shape index (κ2) is 11.3. The van der Waals surface area contributed by atoms with Crippen LogP contribution in [0.15, 0.2) is 72.8 Å². The fourth-order valence-electron chi connectivity index (χ4n) is 5.77. The first kappa shape index (κ1) is 29.2. The Labute approximate surface area is 256 Å². The van der Waals surface area contributed by atoms with Crippen LogP contribution in [0.4, 0.5) is 15.8 Å². The summed E-state index contributed by atoms with van der Waals surface area (Å²) >= 11 is 6.50. The van der Waals surface area contributed by atoms with Gasteiger partial charge in [0.1, 0.15) is 29.5 Å². The molecular weight excluding hydrogens is 593 g/mol. The van der Waals surface area contributed by atoms with Gasteiger partial charge in [0.05, 0.1) is 36.9 Å². The number of nitro groups is 1. The summed E-state index contributed by atoms with van der Waals surface area (Å²) in [5.74, 6) is -0.125. The molecule has 0 saturated carbocycles. The number of hydrogen-bond acceptors (Lipinski definition) is 8. The van der Waals surface area contributed by atoms with Gasteiger partial charge < -0.3 is 24.2 Å². The van der Waals surface area contributed by atoms with Crippen molar-refractivity contribution in [3.63, 3.8) is 0 Å². The summed E-state index contributed by atoms with van der Waals surface area (Å²) in [6.07, 6.45) is 0. The van der Waals surface area contributed by atoms with E-state index in [0.717, 1.165) is 22.6 Å². The predicted molar refractivity (Wildman–Crippen MR) is 160 cm³/mol. The lowest BCUT2D eigenvalue weighted by atomic mass is 9.90. The summed E-state index contributed by atoms with van der Waals surface area (Å²) in [6.45, 7) is 0.736. The molecule has 1 amide bonds. The Morgan fingerprint density at radius 2 is 1.61 bits per heavy atom. The van der Waals surface area contributed by atoms with Crippen LogP contribution < -0.4 is 19.1 Å². The van der Waals surface area contributed by atoms with E-state index in [1.165, 1.54) is 19.2 Å². The lowest BCUT2D eigenvalue weighted by Crippen LogP contribution is -2.44. The molecule has 2 heterocycles. The molecule has 10 nitrogen and oxygen atoms in total. The van der Waals surface area contributed by atoms with Gasteiger partial charge in [-0.2, -0.15) is 0 Å². The minimum Gasteiger partial charge on any atom is -0.497 e. The molecule has 0 radical (unpaired) electrons. The van der Waals surface area contributed by atoms with E-state index < -0.39 is 28.1 Å². The SMILES string of the molecule is COc1ccc(CN2CCOc3c2cc([N+](=O)[O-])c2c3C(=O)N(Cc3ccc(OC)cc3)C2(O)c2cc(F)ccc2Cl)cc1. The molecule has 2 aliphatic rings. The van der Waals surface area contributed by atoms with E-state index in [1.807, 2.05) is 29.2 Å². The average molecular weight is 620 g/mol. The van der Waals surface area contributed by atoms with Gasteiger partial charge in [-0.05, 0) is 53.6 Å². The Balaban J connectivity index is 1.55. The van der Waals surface area contributed by atoms with Crippen molar-refractivity contribution in [1.82, 2.24) is 4.90 Å². The van der Waals surface area contributed by atoms with E-state index in [-0.39, 0.29) is 40.6 Å². The number of aliphatic hydroxyl groups is 1. The Morgan fingerprint density at radius 1 is 1.00 bits per heavy atom. The van der Waals surface area contributed by atoms with Gasteiger partial charge in [-0.3, -0.25) is 19.8 Å². The lowest BCUT2D eigenvalue weighted by molar-refractivity contribution is -0.386. The molecule has 4 aromatic rings. The number of nitrogens with zero attached hydrogens (tertiary/aromatic N) is 3. The van der Waals surface area contributed by atoms with E-state index in [4.69, 9.17) is 25.8 Å². The van der Waals surface area contributed by atoms with Crippen LogP contribution in [-0.2, 0) is 18.8 Å². The van der Waals surface area contributed by atoms with Gasteiger partial charge in [0.25, 0.3) is 11.6 Å². The second-order valence-electron chi connectivity index (χ2n) is 10.4. The number of halogens is 2. The highest BCUT2D eigenvalue weighted by atomic mass is 35.5. The smallest absolute Gasteiger partial charge is 0.280 e. The number of carbonyl (C=O) groups is 1. The van der Waals surface area contributed by atoms with Gasteiger partial charge in [0, 0.05) is 29.7 Å². The maximum absolute atomic E-state index is 14.7. The monoisotopic (exact) mass is 619 g/mol. The fraction of sp³-hybridized carbons (Fsp3) is 0.219. The van der Waals surface area contributed by atoms with Crippen LogP contribution in [0.25, 0.3) is 0 Å². The van der Waals surface area contributed by atoms with Gasteiger partial charge in [-0.25, -0.2) is 4.39 Å². The van der Waals surface area contributed by atoms with Crippen molar-refractivity contribution < 1.29 is 33.4 Å². The maximum atomic E-state index is 14.7. The molecule has 0 aliphatic carbocycles. The molecule has 44 heavy (non-hydrogen) atoms. The normalized spacial score (nSPS) is 17.2. The van der Waals surface area contributed by atoms with Crippen LogP contribution in [0.5, 0.6) is 17.2 Å². The van der Waals surface area contributed by atoms with Gasteiger partial charge >= 0.3 is 0 Å². The van der Waals surface area contributed by atoms with Crippen molar-refractivity contribution >= 4 is 28.9 Å². The van der Waals surface area contributed by atoms with Crippen LogP contribution in [0.1, 0.15) is 32.6 Å². The van der Waals surface area contributed by atoms with Crippen molar-refractivity contribution in [3.8, 4) is 17.2 Å². The summed E-state index contributed by atoms with van der Waals surface area (Å²) in [5, 5.41) is 25.1. The topological polar surface area (TPSA) is 115 Å². The highest BCUT2D eigenvalue weighted by molar-refractivity contribution is 6.31. The summed E-state index contributed by atoms with van der Waals surface area (Å²) in [6, 6.07) is 18.7. The van der Waals surface area contributed by atoms with Crippen LogP contribution in [0, 0.1) is 15.9 Å². The second-order valence-corrected chi connectivity index (χ2v) is 10.8. The van der Waals surface area contributed by atoms with Gasteiger partial charge in [0.15, 0.2) is 5.75 Å². The van der Waals surface area contributed by atoms with Crippen LogP contribution >= 0.6 is 11.6 Å². The molecule has 2 aliphatic heterocycles. The van der Waals surface area contributed by atoms with Gasteiger partial charge in [-0.1, -0.05) is 35.9 Å².